The smallest absolute Gasteiger partial charge is 0.317 e. The first-order valence-electron chi connectivity index (χ1n) is 7.96. The monoisotopic (exact) mass is 337 g/mol. The predicted octanol–water partition coefficient (Wildman–Crippen LogP) is 0.390. The molecule has 2 rings (SSSR count). The van der Waals surface area contributed by atoms with E-state index in [1.165, 1.54) is 11.0 Å². The molecule has 1 fully saturated rings. The average molecular weight is 337 g/mol. The summed E-state index contributed by atoms with van der Waals surface area (Å²) in [6, 6.07) is 3.96. The Hall–Kier alpha value is -2.19. The Kier molecular flexibility index (Phi) is 6.10. The molecular weight excluding hydrogens is 313 g/mol. The number of rotatable bonds is 4. The van der Waals surface area contributed by atoms with Gasteiger partial charge in [-0.3, -0.25) is 4.79 Å². The molecule has 24 heavy (non-hydrogen) atoms. The number of nitrogens with zero attached hydrogens (tertiary/aromatic N) is 1. The predicted molar refractivity (Wildman–Crippen MR) is 89.9 cm³/mol. The number of aryl methyl sites for hydroxylation is 1. The molecule has 132 valence electrons. The van der Waals surface area contributed by atoms with Crippen LogP contribution in [0.5, 0.6) is 0 Å². The molecule has 0 spiro atoms. The highest BCUT2D eigenvalue weighted by molar-refractivity contribution is 5.93. The van der Waals surface area contributed by atoms with Gasteiger partial charge < -0.3 is 27.0 Å². The van der Waals surface area contributed by atoms with Crippen molar-refractivity contribution in [3.05, 3.63) is 29.6 Å². The number of carbonyl (C=O) groups excluding carboxylic acids is 2. The van der Waals surface area contributed by atoms with Crippen molar-refractivity contribution in [3.63, 3.8) is 0 Å². The third-order valence-corrected chi connectivity index (χ3v) is 4.00. The number of likely N-dealkylation sites (tertiary alicyclic amines) is 1. The van der Waals surface area contributed by atoms with Gasteiger partial charge in [-0.1, -0.05) is 6.07 Å². The zero-order chi connectivity index (χ0) is 17.7. The van der Waals surface area contributed by atoms with Crippen molar-refractivity contribution in [2.24, 2.45) is 17.4 Å². The van der Waals surface area contributed by atoms with Crippen LogP contribution in [0, 0.1) is 18.7 Å². The first-order valence-corrected chi connectivity index (χ1v) is 7.96. The Balaban J connectivity index is 1.99. The third-order valence-electron chi connectivity index (χ3n) is 4.00. The Morgan fingerprint density at radius 1 is 1.38 bits per heavy atom. The van der Waals surface area contributed by atoms with Crippen LogP contribution in [0.3, 0.4) is 0 Å². The first-order chi connectivity index (χ1) is 11.4. The molecule has 0 aromatic heterocycles. The molecule has 7 nitrogen and oxygen atoms in total. The summed E-state index contributed by atoms with van der Waals surface area (Å²) >= 11 is 0. The van der Waals surface area contributed by atoms with E-state index in [1.807, 2.05) is 0 Å². The van der Waals surface area contributed by atoms with Gasteiger partial charge in [0.2, 0.25) is 5.91 Å². The van der Waals surface area contributed by atoms with E-state index in [4.69, 9.17) is 11.5 Å². The van der Waals surface area contributed by atoms with Gasteiger partial charge in [0, 0.05) is 37.9 Å². The molecule has 0 radical (unpaired) electrons. The van der Waals surface area contributed by atoms with Crippen LogP contribution in [0.2, 0.25) is 0 Å². The van der Waals surface area contributed by atoms with E-state index >= 15 is 0 Å². The van der Waals surface area contributed by atoms with Crippen LogP contribution < -0.4 is 22.1 Å². The van der Waals surface area contributed by atoms with Gasteiger partial charge in [-0.25, -0.2) is 9.18 Å². The Labute approximate surface area is 140 Å². The van der Waals surface area contributed by atoms with E-state index in [0.717, 1.165) is 0 Å². The summed E-state index contributed by atoms with van der Waals surface area (Å²) in [5.41, 5.74) is 12.2. The van der Waals surface area contributed by atoms with Gasteiger partial charge in [0.1, 0.15) is 5.82 Å². The summed E-state index contributed by atoms with van der Waals surface area (Å²) in [4.78, 5) is 26.0. The lowest BCUT2D eigenvalue weighted by atomic mass is 9.94. The van der Waals surface area contributed by atoms with Gasteiger partial charge in [0.05, 0.1) is 5.92 Å². The Bertz CT molecular complexity index is 610. The van der Waals surface area contributed by atoms with Crippen LogP contribution in [0.4, 0.5) is 14.9 Å². The number of benzene rings is 1. The Morgan fingerprint density at radius 2 is 2.12 bits per heavy atom. The summed E-state index contributed by atoms with van der Waals surface area (Å²) in [6.45, 7) is 3.02. The second kappa shape index (κ2) is 8.07. The molecule has 1 aliphatic heterocycles. The van der Waals surface area contributed by atoms with Crippen molar-refractivity contribution in [1.29, 1.82) is 0 Å². The highest BCUT2D eigenvalue weighted by Crippen LogP contribution is 2.20. The van der Waals surface area contributed by atoms with E-state index in [2.05, 4.69) is 10.6 Å². The number of amides is 3. The SMILES string of the molecule is Cc1ccc(NC(=O)[C@H]2C[C@@H](N)CN(C(=O)NCCN)C2)cc1F. The van der Waals surface area contributed by atoms with Crippen molar-refractivity contribution in [1.82, 2.24) is 10.2 Å². The average Bonchev–Trinajstić information content (AvgIpc) is 2.55. The first kappa shape index (κ1) is 18.2. The molecule has 8 heteroatoms. The molecule has 1 aromatic rings. The lowest BCUT2D eigenvalue weighted by Crippen LogP contribution is -2.55. The third kappa shape index (κ3) is 4.65. The summed E-state index contributed by atoms with van der Waals surface area (Å²) < 4.78 is 13.6. The number of halogens is 1. The number of carbonyl (C=O) groups is 2. The Morgan fingerprint density at radius 3 is 2.79 bits per heavy atom. The summed E-state index contributed by atoms with van der Waals surface area (Å²) in [5.74, 6) is -1.09. The molecule has 0 bridgehead atoms. The minimum atomic E-state index is -0.443. The molecule has 1 saturated heterocycles. The summed E-state index contributed by atoms with van der Waals surface area (Å²) in [6.07, 6.45) is 0.473. The van der Waals surface area contributed by atoms with Gasteiger partial charge in [-0.2, -0.15) is 0 Å². The summed E-state index contributed by atoms with van der Waals surface area (Å²) in [7, 11) is 0. The fourth-order valence-electron chi connectivity index (χ4n) is 2.70. The number of nitrogens with two attached hydrogens (primary N) is 2. The van der Waals surface area contributed by atoms with Crippen molar-refractivity contribution < 1.29 is 14.0 Å². The van der Waals surface area contributed by atoms with Crippen LogP contribution in [-0.4, -0.2) is 49.1 Å². The van der Waals surface area contributed by atoms with Crippen LogP contribution in [0.1, 0.15) is 12.0 Å². The van der Waals surface area contributed by atoms with Crippen molar-refractivity contribution >= 4 is 17.6 Å². The maximum Gasteiger partial charge on any atom is 0.317 e. The van der Waals surface area contributed by atoms with Crippen molar-refractivity contribution in [2.45, 2.75) is 19.4 Å². The molecule has 0 saturated carbocycles. The van der Waals surface area contributed by atoms with Crippen LogP contribution in [-0.2, 0) is 4.79 Å². The highest BCUT2D eigenvalue weighted by Gasteiger charge is 2.32. The van der Waals surface area contributed by atoms with Gasteiger partial charge >= 0.3 is 6.03 Å². The van der Waals surface area contributed by atoms with Gasteiger partial charge in [0.25, 0.3) is 0 Å². The number of anilines is 1. The standard InChI is InChI=1S/C16H24FN5O2/c1-10-2-3-13(7-14(10)17)21-15(23)11-6-12(19)9-22(8-11)16(24)20-5-4-18/h2-3,7,11-12H,4-6,8-9,18-19H2,1H3,(H,20,24)(H,21,23)/t11-,12+/m0/s1. The fraction of sp³-hybridized carbons (Fsp3) is 0.500. The van der Waals surface area contributed by atoms with Crippen LogP contribution >= 0.6 is 0 Å². The number of piperidine rings is 1. The molecule has 1 aliphatic rings. The van der Waals surface area contributed by atoms with E-state index in [0.29, 0.717) is 37.3 Å². The maximum atomic E-state index is 13.6. The number of hydrogen-bond acceptors (Lipinski definition) is 4. The van der Waals surface area contributed by atoms with Crippen molar-refractivity contribution in [3.8, 4) is 0 Å². The van der Waals surface area contributed by atoms with E-state index in [9.17, 15) is 14.0 Å². The normalized spacial score (nSPS) is 20.6. The highest BCUT2D eigenvalue weighted by atomic mass is 19.1. The number of urea groups is 1. The van der Waals surface area contributed by atoms with Crippen LogP contribution in [0.25, 0.3) is 0 Å². The molecule has 1 heterocycles. The van der Waals surface area contributed by atoms with Crippen molar-refractivity contribution in [2.75, 3.05) is 31.5 Å². The molecule has 0 aliphatic carbocycles. The second-order valence-corrected chi connectivity index (χ2v) is 6.07. The van der Waals surface area contributed by atoms with E-state index in [-0.39, 0.29) is 30.3 Å². The number of nitrogens with one attached hydrogen (secondary N) is 2. The lowest BCUT2D eigenvalue weighted by molar-refractivity contribution is -0.121. The van der Waals surface area contributed by atoms with Gasteiger partial charge in [-0.15, -0.1) is 0 Å². The van der Waals surface area contributed by atoms with Crippen LogP contribution in [0.15, 0.2) is 18.2 Å². The zero-order valence-electron chi connectivity index (χ0n) is 13.7. The molecule has 1 aromatic carbocycles. The quantitative estimate of drug-likeness (QED) is 0.636. The summed E-state index contributed by atoms with van der Waals surface area (Å²) in [5, 5.41) is 5.36. The zero-order valence-corrected chi connectivity index (χ0v) is 13.7. The maximum absolute atomic E-state index is 13.6. The molecule has 3 amide bonds. The lowest BCUT2D eigenvalue weighted by Gasteiger charge is -2.35. The minimum absolute atomic E-state index is 0.268. The molecule has 0 unspecified atom stereocenters. The van der Waals surface area contributed by atoms with Gasteiger partial charge in [-0.05, 0) is 31.0 Å². The molecule has 2 atom stereocenters. The molecular formula is C16H24FN5O2. The largest absolute Gasteiger partial charge is 0.337 e. The topological polar surface area (TPSA) is 113 Å². The number of hydrogen-bond donors (Lipinski definition) is 4. The fourth-order valence-corrected chi connectivity index (χ4v) is 2.70. The van der Waals surface area contributed by atoms with E-state index < -0.39 is 5.92 Å². The van der Waals surface area contributed by atoms with Gasteiger partial charge in [0.15, 0.2) is 0 Å². The minimum Gasteiger partial charge on any atom is -0.337 e. The molecule has 6 N–H and O–H groups in total. The second-order valence-electron chi connectivity index (χ2n) is 6.07. The van der Waals surface area contributed by atoms with E-state index in [1.54, 1.807) is 19.1 Å².